The van der Waals surface area contributed by atoms with Crippen molar-refractivity contribution in [1.29, 1.82) is 0 Å². The average molecular weight is 566 g/mol. The van der Waals surface area contributed by atoms with Crippen molar-refractivity contribution in [3.63, 3.8) is 0 Å². The van der Waals surface area contributed by atoms with Gasteiger partial charge < -0.3 is 18.8 Å². The Morgan fingerprint density at radius 2 is 1.73 bits per heavy atom. The van der Waals surface area contributed by atoms with E-state index in [1.54, 1.807) is 43.3 Å². The van der Waals surface area contributed by atoms with Gasteiger partial charge in [-0.05, 0) is 75.7 Å². The van der Waals surface area contributed by atoms with Gasteiger partial charge in [0.05, 0.1) is 36.6 Å². The Kier molecular flexibility index (Phi) is 8.29. The molecule has 3 aromatic rings. The molecule has 1 aromatic heterocycles. The van der Waals surface area contributed by atoms with Crippen molar-refractivity contribution in [2.75, 3.05) is 25.2 Å². The van der Waals surface area contributed by atoms with Crippen LogP contribution in [0.4, 0.5) is 10.5 Å². The molecular weight excluding hydrogens is 538 g/mol. The molecule has 1 fully saturated rings. The zero-order chi connectivity index (χ0) is 29.1. The van der Waals surface area contributed by atoms with Crippen molar-refractivity contribution in [3.05, 3.63) is 75.6 Å². The highest BCUT2D eigenvalue weighted by atomic mass is 35.5. The van der Waals surface area contributed by atoms with Crippen LogP contribution in [0.5, 0.6) is 11.5 Å². The fourth-order valence-electron chi connectivity index (χ4n) is 4.49. The Balaban J connectivity index is 1.76. The Morgan fingerprint density at radius 1 is 1.00 bits per heavy atom. The third kappa shape index (κ3) is 5.30. The van der Waals surface area contributed by atoms with Crippen LogP contribution < -0.4 is 19.7 Å². The SMILES string of the molecule is CCOc1ccc(OCC)c(N2C(=O)NC(=O)/C(=C\c3cc(C)n(-c4ccc(C(=O)OC)c(Cl)c4)c3C)C2=O)c1. The lowest BCUT2D eigenvalue weighted by molar-refractivity contribution is -0.122. The second-order valence-corrected chi connectivity index (χ2v) is 9.18. The first kappa shape index (κ1) is 28.4. The number of carbonyl (C=O) groups excluding carboxylic acids is 4. The number of ether oxygens (including phenoxy) is 3. The number of esters is 1. The van der Waals surface area contributed by atoms with Crippen LogP contribution in [-0.2, 0) is 14.3 Å². The molecule has 0 saturated carbocycles. The highest BCUT2D eigenvalue weighted by molar-refractivity contribution is 6.39. The number of halogens is 1. The summed E-state index contributed by atoms with van der Waals surface area (Å²) in [6.07, 6.45) is 1.44. The summed E-state index contributed by atoms with van der Waals surface area (Å²) in [5.74, 6) is -1.46. The Morgan fingerprint density at radius 3 is 2.38 bits per heavy atom. The van der Waals surface area contributed by atoms with Crippen molar-refractivity contribution in [2.24, 2.45) is 0 Å². The van der Waals surface area contributed by atoms with Gasteiger partial charge in [0.1, 0.15) is 17.1 Å². The maximum Gasteiger partial charge on any atom is 0.339 e. The van der Waals surface area contributed by atoms with Crippen molar-refractivity contribution >= 4 is 47.2 Å². The number of nitrogens with zero attached hydrogens (tertiary/aromatic N) is 2. The molecule has 10 nitrogen and oxygen atoms in total. The number of barbiturate groups is 1. The summed E-state index contributed by atoms with van der Waals surface area (Å²) in [4.78, 5) is 52.2. The van der Waals surface area contributed by atoms with Crippen molar-refractivity contribution in [3.8, 4) is 17.2 Å². The number of aryl methyl sites for hydroxylation is 1. The molecule has 0 bridgehead atoms. The number of amides is 4. The molecule has 208 valence electrons. The van der Waals surface area contributed by atoms with Crippen LogP contribution in [-0.4, -0.2) is 48.7 Å². The van der Waals surface area contributed by atoms with Crippen LogP contribution >= 0.6 is 11.6 Å². The smallest absolute Gasteiger partial charge is 0.339 e. The quantitative estimate of drug-likeness (QED) is 0.232. The van der Waals surface area contributed by atoms with Crippen molar-refractivity contribution in [1.82, 2.24) is 9.88 Å². The highest BCUT2D eigenvalue weighted by Gasteiger charge is 2.38. The van der Waals surface area contributed by atoms with Gasteiger partial charge in [-0.2, -0.15) is 0 Å². The number of hydrogen-bond acceptors (Lipinski definition) is 7. The number of urea groups is 1. The summed E-state index contributed by atoms with van der Waals surface area (Å²) in [6.45, 7) is 7.93. The number of methoxy groups -OCH3 is 1. The summed E-state index contributed by atoms with van der Waals surface area (Å²) in [7, 11) is 1.28. The lowest BCUT2D eigenvalue weighted by Crippen LogP contribution is -2.54. The molecular formula is C29H28ClN3O7. The van der Waals surface area contributed by atoms with E-state index < -0.39 is 23.8 Å². The molecule has 1 aliphatic rings. The molecule has 40 heavy (non-hydrogen) atoms. The van der Waals surface area contributed by atoms with Gasteiger partial charge in [0.2, 0.25) is 0 Å². The molecule has 1 N–H and O–H groups in total. The molecule has 0 atom stereocenters. The maximum absolute atomic E-state index is 13.6. The van der Waals surface area contributed by atoms with E-state index in [9.17, 15) is 19.2 Å². The third-order valence-electron chi connectivity index (χ3n) is 6.27. The van der Waals surface area contributed by atoms with Gasteiger partial charge in [-0.3, -0.25) is 14.9 Å². The second kappa shape index (κ2) is 11.7. The molecule has 4 rings (SSSR count). The monoisotopic (exact) mass is 565 g/mol. The third-order valence-corrected chi connectivity index (χ3v) is 6.58. The van der Waals surface area contributed by atoms with Crippen LogP contribution in [0, 0.1) is 13.8 Å². The van der Waals surface area contributed by atoms with Gasteiger partial charge in [0.15, 0.2) is 0 Å². The molecule has 2 aromatic carbocycles. The van der Waals surface area contributed by atoms with Gasteiger partial charge in [0, 0.05) is 23.1 Å². The number of carbonyl (C=O) groups is 4. The van der Waals surface area contributed by atoms with Crippen molar-refractivity contribution < 1.29 is 33.4 Å². The highest BCUT2D eigenvalue weighted by Crippen LogP contribution is 2.35. The number of hydrogen-bond donors (Lipinski definition) is 1. The number of aromatic nitrogens is 1. The summed E-state index contributed by atoms with van der Waals surface area (Å²) in [5.41, 5.74) is 2.87. The summed E-state index contributed by atoms with van der Waals surface area (Å²) < 4.78 is 17.8. The molecule has 0 radical (unpaired) electrons. The minimum absolute atomic E-state index is 0.152. The number of imide groups is 2. The Hall–Kier alpha value is -4.57. The zero-order valence-electron chi connectivity index (χ0n) is 22.7. The Labute approximate surface area is 236 Å². The van der Waals surface area contributed by atoms with E-state index in [0.29, 0.717) is 35.9 Å². The number of benzene rings is 2. The number of anilines is 1. The lowest BCUT2D eigenvalue weighted by atomic mass is 10.1. The van der Waals surface area contributed by atoms with Crippen LogP contribution in [0.15, 0.2) is 48.0 Å². The van der Waals surface area contributed by atoms with Crippen LogP contribution in [0.1, 0.15) is 41.2 Å². The Bertz CT molecular complexity index is 1560. The fourth-order valence-corrected chi connectivity index (χ4v) is 4.74. The van der Waals surface area contributed by atoms with E-state index >= 15 is 0 Å². The molecule has 1 aliphatic heterocycles. The molecule has 4 amide bonds. The average Bonchev–Trinajstić information content (AvgIpc) is 3.19. The topological polar surface area (TPSA) is 116 Å². The summed E-state index contributed by atoms with van der Waals surface area (Å²) in [5, 5.41) is 2.46. The standard InChI is InChI=1S/C29H28ClN3O7/c1-6-39-20-9-11-25(40-7-2)24(15-20)33-27(35)22(26(34)31-29(33)37)13-18-12-16(3)32(17(18)4)19-8-10-21(23(30)14-19)28(36)38-5/h8-15H,6-7H2,1-5H3,(H,31,34,37)/b22-13+. The minimum Gasteiger partial charge on any atom is -0.494 e. The van der Waals surface area contributed by atoms with E-state index in [2.05, 4.69) is 5.32 Å². The normalized spacial score (nSPS) is 14.4. The van der Waals surface area contributed by atoms with Gasteiger partial charge in [-0.25, -0.2) is 14.5 Å². The first-order chi connectivity index (χ1) is 19.1. The van der Waals surface area contributed by atoms with Crippen LogP contribution in [0.2, 0.25) is 5.02 Å². The van der Waals surface area contributed by atoms with Gasteiger partial charge in [-0.1, -0.05) is 11.6 Å². The largest absolute Gasteiger partial charge is 0.494 e. The summed E-state index contributed by atoms with van der Waals surface area (Å²) in [6, 6.07) is 10.6. The van der Waals surface area contributed by atoms with E-state index in [-0.39, 0.29) is 27.6 Å². The maximum atomic E-state index is 13.6. The fraction of sp³-hybridized carbons (Fsp3) is 0.241. The molecule has 1 saturated heterocycles. The predicted octanol–water partition coefficient (Wildman–Crippen LogP) is 5.00. The van der Waals surface area contributed by atoms with E-state index in [0.717, 1.165) is 10.6 Å². The number of rotatable bonds is 8. The molecule has 0 unspecified atom stereocenters. The van der Waals surface area contributed by atoms with Crippen LogP contribution in [0.25, 0.3) is 11.8 Å². The molecule has 11 heteroatoms. The van der Waals surface area contributed by atoms with Crippen molar-refractivity contribution in [2.45, 2.75) is 27.7 Å². The molecule has 0 aliphatic carbocycles. The van der Waals surface area contributed by atoms with Gasteiger partial charge in [0.25, 0.3) is 11.8 Å². The lowest BCUT2D eigenvalue weighted by Gasteiger charge is -2.28. The van der Waals surface area contributed by atoms with Gasteiger partial charge in [-0.15, -0.1) is 0 Å². The van der Waals surface area contributed by atoms with E-state index in [1.807, 2.05) is 25.3 Å². The zero-order valence-corrected chi connectivity index (χ0v) is 23.4. The van der Waals surface area contributed by atoms with E-state index in [4.69, 9.17) is 25.8 Å². The predicted molar refractivity (Wildman–Crippen MR) is 149 cm³/mol. The van der Waals surface area contributed by atoms with Crippen LogP contribution in [0.3, 0.4) is 0 Å². The first-order valence-electron chi connectivity index (χ1n) is 12.5. The minimum atomic E-state index is -0.896. The molecule has 0 spiro atoms. The van der Waals surface area contributed by atoms with E-state index in [1.165, 1.54) is 19.3 Å². The number of nitrogens with one attached hydrogen (secondary N) is 1. The second-order valence-electron chi connectivity index (χ2n) is 8.77. The van der Waals surface area contributed by atoms with Gasteiger partial charge >= 0.3 is 12.0 Å². The molecule has 2 heterocycles. The summed E-state index contributed by atoms with van der Waals surface area (Å²) >= 11 is 6.33. The first-order valence-corrected chi connectivity index (χ1v) is 12.9.